The lowest BCUT2D eigenvalue weighted by Gasteiger charge is -2.12. The fourth-order valence-electron chi connectivity index (χ4n) is 8.46. The second-order valence-corrected chi connectivity index (χ2v) is 14.8. The molecule has 0 saturated carbocycles. The number of para-hydroxylation sites is 2. The summed E-state index contributed by atoms with van der Waals surface area (Å²) in [4.78, 5) is 15.8. The van der Waals surface area contributed by atoms with Crippen LogP contribution >= 0.6 is 0 Å². The molecule has 0 unspecified atom stereocenters. The summed E-state index contributed by atoms with van der Waals surface area (Å²) in [5.74, 6) is 1.73. The van der Waals surface area contributed by atoms with Gasteiger partial charge < -0.3 is 8.83 Å². The van der Waals surface area contributed by atoms with Gasteiger partial charge in [-0.3, -0.25) is 0 Å². The lowest BCUT2D eigenvalue weighted by Crippen LogP contribution is -2.01. The average Bonchev–Trinajstić information content (AvgIpc) is 3.87. The molecular weight excluding hydrogens is 711 g/mol. The fourth-order valence-corrected chi connectivity index (χ4v) is 8.46. The number of rotatable bonds is 5. The average molecular weight is 742 g/mol. The lowest BCUT2D eigenvalue weighted by atomic mass is 9.96. The van der Waals surface area contributed by atoms with Gasteiger partial charge in [-0.15, -0.1) is 0 Å². The van der Waals surface area contributed by atoms with Crippen molar-refractivity contribution in [3.8, 4) is 56.4 Å². The number of nitrogens with zero attached hydrogens (tertiary/aromatic N) is 3. The van der Waals surface area contributed by atoms with E-state index in [0.29, 0.717) is 17.5 Å². The smallest absolute Gasteiger partial charge is 0.164 e. The zero-order chi connectivity index (χ0) is 38.2. The third kappa shape index (κ3) is 5.29. The first-order chi connectivity index (χ1) is 28.7. The largest absolute Gasteiger partial charge is 0.456 e. The number of aromatic nitrogens is 3. The van der Waals surface area contributed by atoms with Crippen LogP contribution in [0.25, 0.3) is 122 Å². The van der Waals surface area contributed by atoms with Gasteiger partial charge in [-0.05, 0) is 92.3 Å². The molecule has 0 amide bonds. The van der Waals surface area contributed by atoms with E-state index in [0.717, 1.165) is 82.6 Å². The van der Waals surface area contributed by atoms with Crippen LogP contribution in [0.15, 0.2) is 197 Å². The SMILES string of the molecule is c1ccc(-c2ccc(-c3cc(-c4nc(-c5ccc6c(ccc7ccccc76)c5)nc(-c5ccc6oc7ccccc7c6c5)n4)c4c(c3)oc3ccccc34)cc2)cc1. The van der Waals surface area contributed by atoms with E-state index in [1.165, 1.54) is 21.7 Å². The van der Waals surface area contributed by atoms with Crippen LogP contribution in [-0.4, -0.2) is 15.0 Å². The van der Waals surface area contributed by atoms with E-state index in [1.54, 1.807) is 0 Å². The highest BCUT2D eigenvalue weighted by Gasteiger charge is 2.21. The molecule has 0 radical (unpaired) electrons. The minimum atomic E-state index is 0.565. The van der Waals surface area contributed by atoms with Crippen molar-refractivity contribution in [2.75, 3.05) is 0 Å². The second-order valence-electron chi connectivity index (χ2n) is 14.8. The van der Waals surface area contributed by atoms with Gasteiger partial charge in [0.1, 0.15) is 22.3 Å². The van der Waals surface area contributed by atoms with E-state index in [2.05, 4.69) is 133 Å². The van der Waals surface area contributed by atoms with E-state index in [4.69, 9.17) is 23.8 Å². The maximum absolute atomic E-state index is 6.58. The van der Waals surface area contributed by atoms with Gasteiger partial charge in [-0.25, -0.2) is 15.0 Å². The Morgan fingerprint density at radius 2 is 0.810 bits per heavy atom. The van der Waals surface area contributed by atoms with Crippen LogP contribution in [0.1, 0.15) is 0 Å². The first kappa shape index (κ1) is 32.4. The highest BCUT2D eigenvalue weighted by Crippen LogP contribution is 2.41. The molecule has 270 valence electrons. The highest BCUT2D eigenvalue weighted by atomic mass is 16.3. The van der Waals surface area contributed by atoms with Crippen LogP contribution in [0.5, 0.6) is 0 Å². The normalized spacial score (nSPS) is 11.8. The van der Waals surface area contributed by atoms with Crippen LogP contribution < -0.4 is 0 Å². The lowest BCUT2D eigenvalue weighted by molar-refractivity contribution is 0.668. The van der Waals surface area contributed by atoms with Gasteiger partial charge in [-0.2, -0.15) is 0 Å². The van der Waals surface area contributed by atoms with Crippen LogP contribution in [0, 0.1) is 0 Å². The molecule has 0 aliphatic rings. The Kier molecular flexibility index (Phi) is 7.16. The zero-order valence-electron chi connectivity index (χ0n) is 31.1. The van der Waals surface area contributed by atoms with Crippen molar-refractivity contribution in [1.82, 2.24) is 15.0 Å². The monoisotopic (exact) mass is 741 g/mol. The van der Waals surface area contributed by atoms with Gasteiger partial charge in [0.2, 0.25) is 0 Å². The highest BCUT2D eigenvalue weighted by molar-refractivity contribution is 6.13. The van der Waals surface area contributed by atoms with Gasteiger partial charge >= 0.3 is 0 Å². The molecule has 58 heavy (non-hydrogen) atoms. The molecule has 3 heterocycles. The Labute approximate surface area is 332 Å². The molecule has 0 N–H and O–H groups in total. The molecule has 0 fully saturated rings. The van der Waals surface area contributed by atoms with Crippen molar-refractivity contribution in [2.24, 2.45) is 0 Å². The fraction of sp³-hybridized carbons (Fsp3) is 0. The van der Waals surface area contributed by atoms with Crippen LogP contribution in [0.3, 0.4) is 0 Å². The molecule has 3 aromatic heterocycles. The summed E-state index contributed by atoms with van der Waals surface area (Å²) in [6.45, 7) is 0. The summed E-state index contributed by atoms with van der Waals surface area (Å²) >= 11 is 0. The van der Waals surface area contributed by atoms with Crippen LogP contribution in [0.4, 0.5) is 0 Å². The number of furan rings is 2. The van der Waals surface area contributed by atoms with Crippen molar-refractivity contribution in [1.29, 1.82) is 0 Å². The minimum Gasteiger partial charge on any atom is -0.456 e. The van der Waals surface area contributed by atoms with Gasteiger partial charge in [0.05, 0.1) is 0 Å². The van der Waals surface area contributed by atoms with E-state index in [9.17, 15) is 0 Å². The summed E-state index contributed by atoms with van der Waals surface area (Å²) < 4.78 is 12.8. The molecule has 12 rings (SSSR count). The first-order valence-electron chi connectivity index (χ1n) is 19.4. The van der Waals surface area contributed by atoms with E-state index < -0.39 is 0 Å². The third-order valence-electron chi connectivity index (χ3n) is 11.3. The molecule has 5 nitrogen and oxygen atoms in total. The number of benzene rings is 9. The predicted octanol–water partition coefficient (Wildman–Crippen LogP) is 14.3. The second kappa shape index (κ2) is 12.8. The van der Waals surface area contributed by atoms with Crippen molar-refractivity contribution in [3.63, 3.8) is 0 Å². The molecule has 12 aromatic rings. The summed E-state index contributed by atoms with van der Waals surface area (Å²) in [6.07, 6.45) is 0. The molecule has 5 heteroatoms. The first-order valence-corrected chi connectivity index (χ1v) is 19.4. The summed E-state index contributed by atoms with van der Waals surface area (Å²) in [5, 5.41) is 8.76. The molecule has 0 spiro atoms. The standard InChI is InChI=1S/C53H31N3O2/c1-2-10-32(11-3-1)33-18-20-34(21-19-33)39-30-45(50-43-15-7-9-17-47(43)58-49(50)31-39)53-55-51(37-24-26-41-36(28-37)23-22-35-12-4-5-13-40(35)41)54-52(56-53)38-25-27-48-44(29-38)42-14-6-8-16-46(42)57-48/h1-31H. The van der Waals surface area contributed by atoms with Crippen LogP contribution in [0.2, 0.25) is 0 Å². The van der Waals surface area contributed by atoms with E-state index in [-0.39, 0.29) is 0 Å². The topological polar surface area (TPSA) is 65.0 Å². The van der Waals surface area contributed by atoms with Crippen molar-refractivity contribution in [3.05, 3.63) is 188 Å². The molecule has 9 aromatic carbocycles. The van der Waals surface area contributed by atoms with E-state index >= 15 is 0 Å². The Balaban J connectivity index is 1.10. The van der Waals surface area contributed by atoms with Gasteiger partial charge in [0.15, 0.2) is 17.5 Å². The third-order valence-corrected chi connectivity index (χ3v) is 11.3. The maximum Gasteiger partial charge on any atom is 0.164 e. The van der Waals surface area contributed by atoms with Crippen LogP contribution in [-0.2, 0) is 0 Å². The van der Waals surface area contributed by atoms with Crippen molar-refractivity contribution < 1.29 is 8.83 Å². The number of hydrogen-bond acceptors (Lipinski definition) is 5. The minimum absolute atomic E-state index is 0.565. The molecule has 0 aliphatic heterocycles. The molecule has 0 atom stereocenters. The summed E-state index contributed by atoms with van der Waals surface area (Å²) in [5.41, 5.74) is 10.3. The van der Waals surface area contributed by atoms with Crippen molar-refractivity contribution in [2.45, 2.75) is 0 Å². The van der Waals surface area contributed by atoms with Gasteiger partial charge in [0, 0.05) is 38.2 Å². The molecule has 0 bridgehead atoms. The maximum atomic E-state index is 6.58. The van der Waals surface area contributed by atoms with Gasteiger partial charge in [0.25, 0.3) is 0 Å². The Hall–Kier alpha value is -7.89. The Bertz CT molecular complexity index is 3570. The molecule has 0 saturated heterocycles. The van der Waals surface area contributed by atoms with Gasteiger partial charge in [-0.1, -0.05) is 140 Å². The Morgan fingerprint density at radius 3 is 1.62 bits per heavy atom. The van der Waals surface area contributed by atoms with Crippen molar-refractivity contribution >= 4 is 65.4 Å². The molecular formula is C53H31N3O2. The summed E-state index contributed by atoms with van der Waals surface area (Å²) in [6, 6.07) is 65.3. The predicted molar refractivity (Wildman–Crippen MR) is 237 cm³/mol. The molecule has 0 aliphatic carbocycles. The zero-order valence-corrected chi connectivity index (χ0v) is 31.1. The van der Waals surface area contributed by atoms with E-state index in [1.807, 2.05) is 54.6 Å². The quantitative estimate of drug-likeness (QED) is 0.164. The number of fused-ring (bicyclic) bond motifs is 9. The number of hydrogen-bond donors (Lipinski definition) is 0. The Morgan fingerprint density at radius 1 is 0.276 bits per heavy atom. The summed E-state index contributed by atoms with van der Waals surface area (Å²) in [7, 11) is 0.